The topological polar surface area (TPSA) is 30.9 Å². The van der Waals surface area contributed by atoms with Crippen LogP contribution in [0.1, 0.15) is 16.8 Å². The molecule has 2 aromatic carbocycles. The van der Waals surface area contributed by atoms with E-state index in [1.807, 2.05) is 12.1 Å². The molecule has 108 valence electrons. The second kappa shape index (κ2) is 5.62. The molecule has 1 heterocycles. The summed E-state index contributed by atoms with van der Waals surface area (Å²) in [4.78, 5) is 0. The quantitative estimate of drug-likeness (QED) is 0.750. The monoisotopic (exact) mass is 346 g/mol. The Labute approximate surface area is 131 Å². The molecule has 0 aliphatic rings. The number of halogens is 2. The first-order valence-corrected chi connectivity index (χ1v) is 7.62. The highest BCUT2D eigenvalue weighted by Crippen LogP contribution is 2.31. The van der Waals surface area contributed by atoms with Gasteiger partial charge in [0, 0.05) is 34.2 Å². The van der Waals surface area contributed by atoms with Gasteiger partial charge in [-0.05, 0) is 52.2 Å². The van der Waals surface area contributed by atoms with Crippen LogP contribution in [0.3, 0.4) is 0 Å². The van der Waals surface area contributed by atoms with Crippen LogP contribution in [0.15, 0.2) is 46.9 Å². The number of hydrogen-bond acceptors (Lipinski definition) is 1. The fourth-order valence-electron chi connectivity index (χ4n) is 2.70. The second-order valence-corrected chi connectivity index (χ2v) is 5.91. The fourth-order valence-corrected chi connectivity index (χ4v) is 3.25. The Morgan fingerprint density at radius 3 is 2.67 bits per heavy atom. The molecule has 0 fully saturated rings. The van der Waals surface area contributed by atoms with Gasteiger partial charge in [0.15, 0.2) is 0 Å². The third-order valence-electron chi connectivity index (χ3n) is 3.87. The number of benzene rings is 2. The highest BCUT2D eigenvalue weighted by atomic mass is 79.9. The molecule has 4 heteroatoms. The van der Waals surface area contributed by atoms with Gasteiger partial charge in [-0.1, -0.05) is 24.3 Å². The summed E-state index contributed by atoms with van der Waals surface area (Å²) < 4.78 is 16.8. The van der Waals surface area contributed by atoms with Crippen LogP contribution in [0.2, 0.25) is 0 Å². The lowest BCUT2D eigenvalue weighted by atomic mass is 10.1. The van der Waals surface area contributed by atoms with Crippen molar-refractivity contribution >= 4 is 26.8 Å². The molecule has 0 saturated heterocycles. The largest absolute Gasteiger partial charge is 0.339 e. The molecule has 21 heavy (non-hydrogen) atoms. The first-order chi connectivity index (χ1) is 10.1. The van der Waals surface area contributed by atoms with Crippen molar-refractivity contribution in [3.8, 4) is 0 Å². The molecule has 3 rings (SSSR count). The minimum Gasteiger partial charge on any atom is -0.339 e. The van der Waals surface area contributed by atoms with Crippen LogP contribution < -0.4 is 5.73 Å². The maximum atomic E-state index is 13.5. The average Bonchev–Trinajstić information content (AvgIpc) is 2.73. The van der Waals surface area contributed by atoms with Gasteiger partial charge in [-0.25, -0.2) is 4.39 Å². The summed E-state index contributed by atoms with van der Waals surface area (Å²) in [6, 6.07) is 13.0. The fraction of sp³-hybridized carbons (Fsp3) is 0.176. The van der Waals surface area contributed by atoms with E-state index >= 15 is 0 Å². The van der Waals surface area contributed by atoms with Gasteiger partial charge >= 0.3 is 0 Å². The van der Waals surface area contributed by atoms with E-state index in [1.54, 1.807) is 12.1 Å². The zero-order chi connectivity index (χ0) is 15.0. The van der Waals surface area contributed by atoms with Crippen molar-refractivity contribution in [1.29, 1.82) is 0 Å². The Bertz CT molecular complexity index is 808. The van der Waals surface area contributed by atoms with E-state index in [1.165, 1.54) is 11.5 Å². The number of fused-ring (bicyclic) bond motifs is 1. The Balaban J connectivity index is 2.15. The summed E-state index contributed by atoms with van der Waals surface area (Å²) in [5, 5.41) is 1.17. The lowest BCUT2D eigenvalue weighted by Gasteiger charge is -2.12. The van der Waals surface area contributed by atoms with E-state index in [9.17, 15) is 4.39 Å². The van der Waals surface area contributed by atoms with E-state index in [4.69, 9.17) is 5.73 Å². The van der Waals surface area contributed by atoms with Crippen LogP contribution in [0.25, 0.3) is 10.9 Å². The smallest absolute Gasteiger partial charge is 0.123 e. The van der Waals surface area contributed by atoms with Gasteiger partial charge < -0.3 is 10.3 Å². The van der Waals surface area contributed by atoms with Crippen LogP contribution in [-0.4, -0.2) is 4.57 Å². The minimum atomic E-state index is -0.226. The van der Waals surface area contributed by atoms with Gasteiger partial charge in [0.2, 0.25) is 0 Å². The summed E-state index contributed by atoms with van der Waals surface area (Å²) >= 11 is 3.65. The molecule has 1 aromatic heterocycles. The van der Waals surface area contributed by atoms with Gasteiger partial charge in [-0.15, -0.1) is 0 Å². The van der Waals surface area contributed by atoms with Crippen molar-refractivity contribution in [2.24, 2.45) is 5.73 Å². The first-order valence-electron chi connectivity index (χ1n) is 6.82. The van der Waals surface area contributed by atoms with Crippen molar-refractivity contribution in [3.63, 3.8) is 0 Å². The molecule has 2 nitrogen and oxygen atoms in total. The molecule has 0 spiro atoms. The Morgan fingerprint density at radius 1 is 1.14 bits per heavy atom. The molecule has 0 radical (unpaired) electrons. The number of nitrogens with zero attached hydrogens (tertiary/aromatic N) is 1. The first kappa shape index (κ1) is 14.3. The highest BCUT2D eigenvalue weighted by molar-refractivity contribution is 9.10. The minimum absolute atomic E-state index is 0.226. The molecule has 2 N–H and O–H groups in total. The molecule has 0 saturated carbocycles. The van der Waals surface area contributed by atoms with E-state index in [0.29, 0.717) is 13.1 Å². The average molecular weight is 347 g/mol. The van der Waals surface area contributed by atoms with Crippen LogP contribution in [0.5, 0.6) is 0 Å². The van der Waals surface area contributed by atoms with Gasteiger partial charge in [-0.2, -0.15) is 0 Å². The van der Waals surface area contributed by atoms with E-state index in [2.05, 4.69) is 39.6 Å². The molecule has 0 bridgehead atoms. The Hall–Kier alpha value is -1.65. The standard InChI is InChI=1S/C17H16BrFN2/c1-11-17(18)15-4-2-3-5-16(15)21(11)10-13-8-14(19)7-6-12(13)9-20/h2-8H,9-10,20H2,1H3. The van der Waals surface area contributed by atoms with E-state index < -0.39 is 0 Å². The summed E-state index contributed by atoms with van der Waals surface area (Å²) in [6.45, 7) is 3.09. The number of hydrogen-bond donors (Lipinski definition) is 1. The SMILES string of the molecule is Cc1c(Br)c2ccccc2n1Cc1cc(F)ccc1CN. The Morgan fingerprint density at radius 2 is 1.90 bits per heavy atom. The Kier molecular flexibility index (Phi) is 3.83. The molecule has 0 atom stereocenters. The maximum absolute atomic E-state index is 13.5. The van der Waals surface area contributed by atoms with Crippen molar-refractivity contribution < 1.29 is 4.39 Å². The third-order valence-corrected chi connectivity index (χ3v) is 4.87. The molecule has 0 aliphatic carbocycles. The molecular formula is C17H16BrFN2. The summed E-state index contributed by atoms with van der Waals surface area (Å²) in [5.74, 6) is -0.226. The molecular weight excluding hydrogens is 331 g/mol. The second-order valence-electron chi connectivity index (χ2n) is 5.12. The zero-order valence-electron chi connectivity index (χ0n) is 11.7. The number of aromatic nitrogens is 1. The third kappa shape index (κ3) is 2.49. The molecule has 0 aliphatic heterocycles. The summed E-state index contributed by atoms with van der Waals surface area (Å²) in [5.41, 5.74) is 9.93. The van der Waals surface area contributed by atoms with Gasteiger partial charge in [0.1, 0.15) is 5.82 Å². The lowest BCUT2D eigenvalue weighted by molar-refractivity contribution is 0.622. The molecule has 0 unspecified atom stereocenters. The van der Waals surface area contributed by atoms with Gasteiger partial charge in [0.05, 0.1) is 0 Å². The van der Waals surface area contributed by atoms with Crippen molar-refractivity contribution in [3.05, 3.63) is 69.6 Å². The van der Waals surface area contributed by atoms with E-state index in [0.717, 1.165) is 26.8 Å². The lowest BCUT2D eigenvalue weighted by Crippen LogP contribution is -2.08. The summed E-state index contributed by atoms with van der Waals surface area (Å²) in [6.07, 6.45) is 0. The maximum Gasteiger partial charge on any atom is 0.123 e. The predicted octanol–water partition coefficient (Wildman–Crippen LogP) is 4.36. The van der Waals surface area contributed by atoms with Gasteiger partial charge in [-0.3, -0.25) is 0 Å². The normalized spacial score (nSPS) is 11.2. The van der Waals surface area contributed by atoms with Gasteiger partial charge in [0.25, 0.3) is 0 Å². The van der Waals surface area contributed by atoms with E-state index in [-0.39, 0.29) is 5.82 Å². The summed E-state index contributed by atoms with van der Waals surface area (Å²) in [7, 11) is 0. The van der Waals surface area contributed by atoms with Crippen LogP contribution >= 0.6 is 15.9 Å². The van der Waals surface area contributed by atoms with Crippen LogP contribution in [0, 0.1) is 12.7 Å². The molecule has 3 aromatic rings. The highest BCUT2D eigenvalue weighted by Gasteiger charge is 2.13. The predicted molar refractivity (Wildman–Crippen MR) is 87.8 cm³/mol. The molecule has 0 amide bonds. The van der Waals surface area contributed by atoms with Crippen molar-refractivity contribution in [2.75, 3.05) is 0 Å². The number of rotatable bonds is 3. The van der Waals surface area contributed by atoms with Crippen molar-refractivity contribution in [2.45, 2.75) is 20.0 Å². The van der Waals surface area contributed by atoms with Crippen LogP contribution in [-0.2, 0) is 13.1 Å². The number of para-hydroxylation sites is 1. The number of nitrogens with two attached hydrogens (primary N) is 1. The van der Waals surface area contributed by atoms with Crippen LogP contribution in [0.4, 0.5) is 4.39 Å². The van der Waals surface area contributed by atoms with Crippen molar-refractivity contribution in [1.82, 2.24) is 4.57 Å². The zero-order valence-corrected chi connectivity index (χ0v) is 13.3.